The first-order valence-electron chi connectivity index (χ1n) is 4.25. The van der Waals surface area contributed by atoms with Crippen LogP contribution in [0, 0.1) is 0 Å². The summed E-state index contributed by atoms with van der Waals surface area (Å²) in [7, 11) is -2.17. The van der Waals surface area contributed by atoms with Crippen molar-refractivity contribution in [2.24, 2.45) is 5.73 Å². The van der Waals surface area contributed by atoms with Crippen LogP contribution >= 0.6 is 0 Å². The van der Waals surface area contributed by atoms with Crippen LogP contribution in [0.25, 0.3) is 0 Å². The lowest BCUT2D eigenvalue weighted by Gasteiger charge is -2.23. The van der Waals surface area contributed by atoms with Gasteiger partial charge in [-0.1, -0.05) is 20.8 Å². The predicted molar refractivity (Wildman–Crippen MR) is 50.2 cm³/mol. The summed E-state index contributed by atoms with van der Waals surface area (Å²) in [6.07, 6.45) is 3.29. The van der Waals surface area contributed by atoms with Crippen LogP contribution in [0.4, 0.5) is 0 Å². The van der Waals surface area contributed by atoms with Crippen molar-refractivity contribution in [3.63, 3.8) is 0 Å². The molecule has 0 aliphatic rings. The molecule has 5 heteroatoms. The standard InChI is InChI=1S/C7H17N.BH3O3/c1-4-7(8,5-2)6-3;2-1(3)4/h4-6,8H2,1-3H3;2-4H. The van der Waals surface area contributed by atoms with E-state index in [0.29, 0.717) is 0 Å². The van der Waals surface area contributed by atoms with Crippen molar-refractivity contribution in [3.05, 3.63) is 0 Å². The largest absolute Gasteiger partial charge is 0.631 e. The molecule has 0 radical (unpaired) electrons. The number of rotatable bonds is 3. The lowest BCUT2D eigenvalue weighted by Crippen LogP contribution is -2.37. The molecule has 0 bridgehead atoms. The molecule has 0 aliphatic carbocycles. The molecule has 0 heterocycles. The summed E-state index contributed by atoms with van der Waals surface area (Å²) >= 11 is 0. The molecule has 0 aliphatic heterocycles. The maximum atomic E-state index is 7.17. The van der Waals surface area contributed by atoms with Crippen LogP contribution in [0.1, 0.15) is 40.0 Å². The third kappa shape index (κ3) is 9.90. The van der Waals surface area contributed by atoms with E-state index >= 15 is 0 Å². The molecule has 5 N–H and O–H groups in total. The van der Waals surface area contributed by atoms with Gasteiger partial charge in [0, 0.05) is 5.54 Å². The second-order valence-corrected chi connectivity index (χ2v) is 2.77. The van der Waals surface area contributed by atoms with E-state index in [-0.39, 0.29) is 5.54 Å². The molecule has 0 saturated heterocycles. The minimum Gasteiger partial charge on any atom is -0.402 e. The number of hydrogen-bond acceptors (Lipinski definition) is 4. The van der Waals surface area contributed by atoms with Crippen molar-refractivity contribution in [3.8, 4) is 0 Å². The second kappa shape index (κ2) is 7.55. The minimum atomic E-state index is -2.17. The Kier molecular flexibility index (Phi) is 9.08. The van der Waals surface area contributed by atoms with Crippen LogP contribution in [0.5, 0.6) is 0 Å². The van der Waals surface area contributed by atoms with Crippen molar-refractivity contribution in [1.29, 1.82) is 0 Å². The molecule has 0 rings (SSSR count). The van der Waals surface area contributed by atoms with Crippen molar-refractivity contribution >= 4 is 7.32 Å². The van der Waals surface area contributed by atoms with Crippen LogP contribution in [0.3, 0.4) is 0 Å². The molecule has 0 saturated carbocycles. The molecule has 0 aromatic carbocycles. The first-order valence-corrected chi connectivity index (χ1v) is 4.25. The fourth-order valence-corrected chi connectivity index (χ4v) is 0.750. The summed E-state index contributed by atoms with van der Waals surface area (Å²) in [4.78, 5) is 0. The predicted octanol–water partition coefficient (Wildman–Crippen LogP) is -0.138. The van der Waals surface area contributed by atoms with E-state index in [9.17, 15) is 0 Å². The summed E-state index contributed by atoms with van der Waals surface area (Å²) in [6, 6.07) is 0. The van der Waals surface area contributed by atoms with Gasteiger partial charge >= 0.3 is 7.32 Å². The highest BCUT2D eigenvalue weighted by molar-refractivity contribution is 6.30. The molecule has 0 atom stereocenters. The van der Waals surface area contributed by atoms with E-state index in [0.717, 1.165) is 19.3 Å². The van der Waals surface area contributed by atoms with Gasteiger partial charge < -0.3 is 20.8 Å². The zero-order valence-electron chi connectivity index (χ0n) is 8.12. The Hall–Kier alpha value is -0.0951. The Morgan fingerprint density at radius 3 is 1.17 bits per heavy atom. The number of nitrogens with two attached hydrogens (primary N) is 1. The van der Waals surface area contributed by atoms with E-state index in [2.05, 4.69) is 20.8 Å². The Bertz CT molecular complexity index is 85.6. The maximum Gasteiger partial charge on any atom is 0.631 e. The van der Waals surface area contributed by atoms with E-state index in [1.165, 1.54) is 0 Å². The van der Waals surface area contributed by atoms with Gasteiger partial charge in [0.05, 0.1) is 0 Å². The van der Waals surface area contributed by atoms with Gasteiger partial charge in [0.15, 0.2) is 0 Å². The highest BCUT2D eigenvalue weighted by Crippen LogP contribution is 2.14. The summed E-state index contributed by atoms with van der Waals surface area (Å²) in [5, 5.41) is 21.5. The molecule has 0 amide bonds. The first kappa shape index (κ1) is 14.4. The van der Waals surface area contributed by atoms with Crippen LogP contribution in [0.2, 0.25) is 0 Å². The average molecular weight is 177 g/mol. The van der Waals surface area contributed by atoms with Crippen molar-refractivity contribution in [2.75, 3.05) is 0 Å². The van der Waals surface area contributed by atoms with Gasteiger partial charge in [0.25, 0.3) is 0 Å². The molecule has 0 unspecified atom stereocenters. The maximum absolute atomic E-state index is 7.17. The van der Waals surface area contributed by atoms with Crippen LogP contribution in [-0.2, 0) is 0 Å². The Balaban J connectivity index is 0. The molecule has 4 nitrogen and oxygen atoms in total. The van der Waals surface area contributed by atoms with E-state index in [4.69, 9.17) is 20.8 Å². The Morgan fingerprint density at radius 1 is 1.00 bits per heavy atom. The summed E-state index contributed by atoms with van der Waals surface area (Å²) in [5.41, 5.74) is 6.02. The average Bonchev–Trinajstić information content (AvgIpc) is 2.02. The quantitative estimate of drug-likeness (QED) is 0.452. The lowest BCUT2D eigenvalue weighted by atomic mass is 9.92. The zero-order valence-corrected chi connectivity index (χ0v) is 8.12. The molecule has 0 aromatic rings. The van der Waals surface area contributed by atoms with Gasteiger partial charge in [-0.2, -0.15) is 0 Å². The van der Waals surface area contributed by atoms with Crippen LogP contribution in [-0.4, -0.2) is 27.9 Å². The summed E-state index contributed by atoms with van der Waals surface area (Å²) in [5.74, 6) is 0. The third-order valence-electron chi connectivity index (χ3n) is 2.11. The molecule has 12 heavy (non-hydrogen) atoms. The van der Waals surface area contributed by atoms with E-state index in [1.54, 1.807) is 0 Å². The van der Waals surface area contributed by atoms with Gasteiger partial charge in [-0.3, -0.25) is 0 Å². The van der Waals surface area contributed by atoms with Gasteiger partial charge in [0.2, 0.25) is 0 Å². The van der Waals surface area contributed by atoms with Crippen LogP contribution < -0.4 is 5.73 Å². The Labute approximate surface area is 74.6 Å². The zero-order chi connectivity index (χ0) is 10.2. The SMILES string of the molecule is CCC(N)(CC)CC.OB(O)O. The van der Waals surface area contributed by atoms with Gasteiger partial charge in [-0.25, -0.2) is 0 Å². The van der Waals surface area contributed by atoms with E-state index < -0.39 is 7.32 Å². The summed E-state index contributed by atoms with van der Waals surface area (Å²) in [6.45, 7) is 6.44. The highest BCUT2D eigenvalue weighted by atomic mass is 16.5. The van der Waals surface area contributed by atoms with Crippen molar-refractivity contribution < 1.29 is 15.1 Å². The molecule has 0 spiro atoms. The molecular weight excluding hydrogens is 157 g/mol. The highest BCUT2D eigenvalue weighted by Gasteiger charge is 2.15. The first-order chi connectivity index (χ1) is 5.41. The normalized spacial score (nSPS) is 10.2. The van der Waals surface area contributed by atoms with Crippen molar-refractivity contribution in [1.82, 2.24) is 0 Å². The lowest BCUT2D eigenvalue weighted by molar-refractivity contribution is 0.278. The van der Waals surface area contributed by atoms with Crippen molar-refractivity contribution in [2.45, 2.75) is 45.6 Å². The summed E-state index contributed by atoms with van der Waals surface area (Å²) < 4.78 is 0. The smallest absolute Gasteiger partial charge is 0.402 e. The minimum absolute atomic E-state index is 0.125. The molecule has 74 valence electrons. The molecule has 0 fully saturated rings. The van der Waals surface area contributed by atoms with Crippen LogP contribution in [0.15, 0.2) is 0 Å². The van der Waals surface area contributed by atoms with Gasteiger partial charge in [-0.05, 0) is 19.3 Å². The monoisotopic (exact) mass is 177 g/mol. The fraction of sp³-hybridized carbons (Fsp3) is 1.00. The number of hydrogen-bond donors (Lipinski definition) is 4. The fourth-order valence-electron chi connectivity index (χ4n) is 0.750. The molecule has 0 aromatic heterocycles. The topological polar surface area (TPSA) is 86.7 Å². The molecular formula is C7H20BNO3. The van der Waals surface area contributed by atoms with Gasteiger partial charge in [-0.15, -0.1) is 0 Å². The third-order valence-corrected chi connectivity index (χ3v) is 2.11. The van der Waals surface area contributed by atoms with E-state index in [1.807, 2.05) is 0 Å². The Morgan fingerprint density at radius 2 is 1.17 bits per heavy atom. The van der Waals surface area contributed by atoms with Gasteiger partial charge in [0.1, 0.15) is 0 Å². The second-order valence-electron chi connectivity index (χ2n) is 2.77.